The van der Waals surface area contributed by atoms with Gasteiger partial charge in [-0.05, 0) is 43.6 Å². The number of nitrogens with one attached hydrogen (secondary N) is 6. The number of hydrogen-bond acceptors (Lipinski definition) is 12. The maximum atomic E-state index is 13.9. The maximum Gasteiger partial charge on any atom is 0.326 e. The monoisotopic (exact) mass is 837 g/mol. The molecule has 0 heterocycles. The van der Waals surface area contributed by atoms with E-state index in [-0.39, 0.29) is 25.2 Å². The lowest BCUT2D eigenvalue weighted by Crippen LogP contribution is -2.61. The summed E-state index contributed by atoms with van der Waals surface area (Å²) in [5, 5.41) is 61.6. The second kappa shape index (κ2) is 24.6. The molecule has 22 nitrogen and oxygen atoms in total. The number of aliphatic hydroxyl groups is 1. The highest BCUT2D eigenvalue weighted by Crippen LogP contribution is 2.12. The minimum Gasteiger partial charge on any atom is -0.481 e. The van der Waals surface area contributed by atoms with Crippen molar-refractivity contribution in [2.45, 2.75) is 122 Å². The van der Waals surface area contributed by atoms with E-state index in [1.165, 1.54) is 0 Å². The van der Waals surface area contributed by atoms with E-state index >= 15 is 0 Å². The zero-order chi connectivity index (χ0) is 45.1. The van der Waals surface area contributed by atoms with Crippen molar-refractivity contribution in [3.05, 3.63) is 35.9 Å². The number of carboxylic acid groups (broad SMARTS) is 4. The number of amides is 6. The Kier molecular flexibility index (Phi) is 21.2. The van der Waals surface area contributed by atoms with Crippen molar-refractivity contribution in [1.29, 1.82) is 0 Å². The fourth-order valence-corrected chi connectivity index (χ4v) is 5.44. The van der Waals surface area contributed by atoms with Crippen molar-refractivity contribution in [1.82, 2.24) is 31.9 Å². The smallest absolute Gasteiger partial charge is 0.326 e. The summed E-state index contributed by atoms with van der Waals surface area (Å²) in [5.41, 5.74) is 6.32. The summed E-state index contributed by atoms with van der Waals surface area (Å²) >= 11 is 0. The Hall–Kier alpha value is -6.16. The van der Waals surface area contributed by atoms with Crippen LogP contribution in [0.25, 0.3) is 0 Å². The number of carbonyl (C=O) groups is 10. The Morgan fingerprint density at radius 3 is 1.63 bits per heavy atom. The van der Waals surface area contributed by atoms with Gasteiger partial charge in [-0.1, -0.05) is 58.0 Å². The van der Waals surface area contributed by atoms with Crippen LogP contribution in [0.1, 0.15) is 72.3 Å². The highest BCUT2D eigenvalue weighted by atomic mass is 16.4. The van der Waals surface area contributed by atoms with E-state index < -0.39 is 133 Å². The van der Waals surface area contributed by atoms with Gasteiger partial charge in [-0.15, -0.1) is 0 Å². The van der Waals surface area contributed by atoms with Gasteiger partial charge in [-0.3, -0.25) is 43.2 Å². The third-order valence-corrected chi connectivity index (χ3v) is 8.63. The van der Waals surface area contributed by atoms with Crippen molar-refractivity contribution in [2.24, 2.45) is 17.6 Å². The Bertz CT molecular complexity index is 1670. The summed E-state index contributed by atoms with van der Waals surface area (Å²) < 4.78 is 0. The third-order valence-electron chi connectivity index (χ3n) is 8.63. The molecule has 0 spiro atoms. The number of rotatable bonds is 26. The van der Waals surface area contributed by atoms with Crippen LogP contribution >= 0.6 is 0 Å². The number of aliphatic hydroxyl groups excluding tert-OH is 1. The summed E-state index contributed by atoms with van der Waals surface area (Å²) in [5.74, 6) is -12.9. The molecule has 59 heavy (non-hydrogen) atoms. The first-order chi connectivity index (χ1) is 27.4. The molecule has 0 saturated carbocycles. The molecular weight excluding hydrogens is 782 g/mol. The van der Waals surface area contributed by atoms with Crippen molar-refractivity contribution < 1.29 is 73.5 Å². The molecule has 13 N–H and O–H groups in total. The third kappa shape index (κ3) is 18.8. The molecule has 0 aliphatic rings. The second-order valence-electron chi connectivity index (χ2n) is 14.6. The van der Waals surface area contributed by atoms with Crippen LogP contribution in [0.2, 0.25) is 0 Å². The number of carboxylic acids is 4. The standard InChI is InChI=1S/C37H55N7O15/c1-17(2)13-23(41-35(56)29(18(3)4)44-32(53)21(38)11-12-26(45)46)34(55)40-22(14-20-9-7-6-8-10-20)30(51)36(57)42-24(15-27(47)48)33(54)39-19(5)31(52)43-25(37(58)59)16-28(49)50/h6-10,17-19,21-25,29-30,51H,11-16,38H2,1-5H3,(H,39,54)(H,40,55)(H,41,56)(H,42,57)(H,43,52)(H,44,53)(H,45,46)(H,47,48)(H,49,50)(H,58,59)/t19-,21-,22-,23-,24-,25-,29-,30+/m0/s1. The van der Waals surface area contributed by atoms with Gasteiger partial charge in [0.25, 0.3) is 5.91 Å². The fourth-order valence-electron chi connectivity index (χ4n) is 5.44. The van der Waals surface area contributed by atoms with Gasteiger partial charge in [0.05, 0.1) is 24.9 Å². The average Bonchev–Trinajstić information content (AvgIpc) is 3.13. The Morgan fingerprint density at radius 2 is 1.12 bits per heavy atom. The molecular formula is C37H55N7O15. The average molecular weight is 838 g/mol. The van der Waals surface area contributed by atoms with Crippen molar-refractivity contribution in [3.63, 3.8) is 0 Å². The van der Waals surface area contributed by atoms with E-state index in [1.807, 2.05) is 5.32 Å². The van der Waals surface area contributed by atoms with Gasteiger partial charge < -0.3 is 63.2 Å². The molecule has 1 rings (SSSR count). The molecule has 0 aliphatic heterocycles. The highest BCUT2D eigenvalue weighted by molar-refractivity contribution is 5.96. The molecule has 0 saturated heterocycles. The van der Waals surface area contributed by atoms with E-state index in [0.717, 1.165) is 6.92 Å². The van der Waals surface area contributed by atoms with Gasteiger partial charge in [-0.2, -0.15) is 0 Å². The maximum absolute atomic E-state index is 13.9. The predicted molar refractivity (Wildman–Crippen MR) is 205 cm³/mol. The highest BCUT2D eigenvalue weighted by Gasteiger charge is 2.36. The predicted octanol–water partition coefficient (Wildman–Crippen LogP) is -2.55. The first kappa shape index (κ1) is 50.9. The number of nitrogens with two attached hydrogens (primary N) is 1. The number of carbonyl (C=O) groups excluding carboxylic acids is 6. The van der Waals surface area contributed by atoms with Gasteiger partial charge in [0.2, 0.25) is 29.5 Å². The van der Waals surface area contributed by atoms with E-state index in [1.54, 1.807) is 58.0 Å². The van der Waals surface area contributed by atoms with Crippen molar-refractivity contribution in [3.8, 4) is 0 Å². The van der Waals surface area contributed by atoms with Gasteiger partial charge >= 0.3 is 23.9 Å². The first-order valence-electron chi connectivity index (χ1n) is 18.6. The molecule has 328 valence electrons. The van der Waals surface area contributed by atoms with E-state index in [0.29, 0.717) is 5.56 Å². The molecule has 6 amide bonds. The lowest BCUT2D eigenvalue weighted by Gasteiger charge is -2.30. The number of aliphatic carboxylic acids is 4. The van der Waals surface area contributed by atoms with E-state index in [2.05, 4.69) is 26.6 Å². The summed E-state index contributed by atoms with van der Waals surface area (Å²) in [7, 11) is 0. The van der Waals surface area contributed by atoms with Gasteiger partial charge in [0.15, 0.2) is 6.10 Å². The van der Waals surface area contributed by atoms with Gasteiger partial charge in [-0.25, -0.2) is 4.79 Å². The summed E-state index contributed by atoms with van der Waals surface area (Å²) in [4.78, 5) is 124. The van der Waals surface area contributed by atoms with Crippen LogP contribution in [0, 0.1) is 11.8 Å². The van der Waals surface area contributed by atoms with Crippen LogP contribution in [0.3, 0.4) is 0 Å². The normalized spacial score (nSPS) is 15.1. The molecule has 1 aromatic carbocycles. The fraction of sp³-hybridized carbons (Fsp3) is 0.568. The van der Waals surface area contributed by atoms with Crippen LogP contribution in [0.15, 0.2) is 30.3 Å². The molecule has 0 fully saturated rings. The Morgan fingerprint density at radius 1 is 0.593 bits per heavy atom. The zero-order valence-corrected chi connectivity index (χ0v) is 33.3. The first-order valence-corrected chi connectivity index (χ1v) is 18.6. The lowest BCUT2D eigenvalue weighted by molar-refractivity contribution is -0.147. The topological polar surface area (TPSA) is 370 Å². The quantitative estimate of drug-likeness (QED) is 0.0457. The molecule has 22 heteroatoms. The summed E-state index contributed by atoms with van der Waals surface area (Å²) in [6, 6.07) is -2.39. The van der Waals surface area contributed by atoms with E-state index in [9.17, 15) is 63.3 Å². The molecule has 0 aliphatic carbocycles. The minimum absolute atomic E-state index is 0.0327. The molecule has 0 unspecified atom stereocenters. The zero-order valence-electron chi connectivity index (χ0n) is 33.3. The van der Waals surface area contributed by atoms with Gasteiger partial charge in [0.1, 0.15) is 30.2 Å². The molecule has 1 aromatic rings. The SMILES string of the molecule is CC(C)C[C@H](NC(=O)[C@@H](NC(=O)[C@@H](N)CCC(=O)O)C(C)C)C(=O)N[C@@H](Cc1ccccc1)[C@@H](O)C(=O)N[C@@H](CC(=O)O)C(=O)N[C@@H](C)C(=O)N[C@@H](CC(=O)O)C(=O)O. The van der Waals surface area contributed by atoms with Crippen LogP contribution < -0.4 is 37.6 Å². The van der Waals surface area contributed by atoms with Crippen LogP contribution in [0.4, 0.5) is 0 Å². The number of benzene rings is 1. The molecule has 0 bridgehead atoms. The molecule has 0 radical (unpaired) electrons. The van der Waals surface area contributed by atoms with Crippen molar-refractivity contribution in [2.75, 3.05) is 0 Å². The van der Waals surface area contributed by atoms with Gasteiger partial charge in [0, 0.05) is 6.42 Å². The van der Waals surface area contributed by atoms with Crippen molar-refractivity contribution >= 4 is 59.3 Å². The Balaban J connectivity index is 3.33. The summed E-state index contributed by atoms with van der Waals surface area (Å²) in [6.07, 6.45) is -4.98. The molecule has 8 atom stereocenters. The second-order valence-corrected chi connectivity index (χ2v) is 14.6. The van der Waals surface area contributed by atoms with Crippen LogP contribution in [-0.4, -0.2) is 133 Å². The Labute approximate surface area is 339 Å². The largest absolute Gasteiger partial charge is 0.481 e. The minimum atomic E-state index is -2.17. The molecule has 0 aromatic heterocycles. The van der Waals surface area contributed by atoms with Crippen LogP contribution in [-0.2, 0) is 54.4 Å². The summed E-state index contributed by atoms with van der Waals surface area (Å²) in [6.45, 7) is 7.80. The van der Waals surface area contributed by atoms with Crippen LogP contribution in [0.5, 0.6) is 0 Å². The lowest BCUT2D eigenvalue weighted by atomic mass is 9.97. The van der Waals surface area contributed by atoms with E-state index in [4.69, 9.17) is 15.9 Å². The number of hydrogen-bond donors (Lipinski definition) is 12.